The molecule has 158 valence electrons. The maximum absolute atomic E-state index is 14.1. The maximum atomic E-state index is 14.1. The second-order valence-electron chi connectivity index (χ2n) is 8.47. The van der Waals surface area contributed by atoms with Crippen LogP contribution in [-0.2, 0) is 0 Å². The molecule has 3 aromatic rings. The van der Waals surface area contributed by atoms with Gasteiger partial charge in [-0.15, -0.1) is 0 Å². The van der Waals surface area contributed by atoms with Gasteiger partial charge in [-0.05, 0) is 63.6 Å². The molecule has 1 aliphatic rings. The maximum Gasteiger partial charge on any atom is 0.272 e. The molecule has 0 spiro atoms. The number of carbonyl (C=O) groups excluding carboxylic acids is 1. The largest absolute Gasteiger partial charge is 0.369 e. The first-order valence-corrected chi connectivity index (χ1v) is 10.5. The third-order valence-corrected chi connectivity index (χ3v) is 6.00. The first-order valence-electron chi connectivity index (χ1n) is 10.5. The number of nitrogens with one attached hydrogen (secondary N) is 2. The fourth-order valence-electron chi connectivity index (χ4n) is 4.40. The van der Waals surface area contributed by atoms with Crippen molar-refractivity contribution in [1.29, 1.82) is 0 Å². The number of hydrogen-bond acceptors (Lipinski definition) is 3. The number of amides is 1. The summed E-state index contributed by atoms with van der Waals surface area (Å²) in [5.41, 5.74) is 3.74. The standard InChI is InChI=1S/C24H29FN4O/c1-15(2)29-11-10-28(14-17(29)4)19-7-5-6-18(12-19)26-24(30)22-13-20-21(25)9-8-16(3)23(20)27-22/h5-9,12-13,15,17,27H,10-11,14H2,1-4H3,(H,26,30). The smallest absolute Gasteiger partial charge is 0.272 e. The molecular weight excluding hydrogens is 379 g/mol. The van der Waals surface area contributed by atoms with E-state index in [2.05, 4.69) is 46.9 Å². The van der Waals surface area contributed by atoms with Crippen LogP contribution in [0.3, 0.4) is 0 Å². The molecule has 2 heterocycles. The number of halogens is 1. The van der Waals surface area contributed by atoms with Gasteiger partial charge in [-0.3, -0.25) is 9.69 Å². The van der Waals surface area contributed by atoms with E-state index in [0.29, 0.717) is 28.7 Å². The first-order chi connectivity index (χ1) is 14.3. The zero-order valence-corrected chi connectivity index (χ0v) is 18.0. The van der Waals surface area contributed by atoms with E-state index in [1.54, 1.807) is 12.1 Å². The Kier molecular flexibility index (Phi) is 5.52. The van der Waals surface area contributed by atoms with Gasteiger partial charge in [0, 0.05) is 48.5 Å². The number of rotatable bonds is 4. The molecule has 2 N–H and O–H groups in total. The minimum absolute atomic E-state index is 0.278. The molecule has 1 aliphatic heterocycles. The molecule has 0 bridgehead atoms. The average Bonchev–Trinajstić information content (AvgIpc) is 3.18. The number of aromatic amines is 1. The van der Waals surface area contributed by atoms with E-state index in [4.69, 9.17) is 0 Å². The zero-order valence-electron chi connectivity index (χ0n) is 18.0. The molecule has 0 aliphatic carbocycles. The van der Waals surface area contributed by atoms with Crippen LogP contribution < -0.4 is 10.2 Å². The van der Waals surface area contributed by atoms with E-state index in [1.165, 1.54) is 6.07 Å². The van der Waals surface area contributed by atoms with E-state index in [9.17, 15) is 9.18 Å². The lowest BCUT2D eigenvalue weighted by Crippen LogP contribution is -2.54. The van der Waals surface area contributed by atoms with Gasteiger partial charge in [0.05, 0.1) is 5.52 Å². The Morgan fingerprint density at radius 1 is 1.20 bits per heavy atom. The highest BCUT2D eigenvalue weighted by molar-refractivity contribution is 6.06. The van der Waals surface area contributed by atoms with Crippen LogP contribution in [-0.4, -0.2) is 47.5 Å². The van der Waals surface area contributed by atoms with Gasteiger partial charge < -0.3 is 15.2 Å². The summed E-state index contributed by atoms with van der Waals surface area (Å²) in [5.74, 6) is -0.609. The minimum Gasteiger partial charge on any atom is -0.369 e. The van der Waals surface area contributed by atoms with Crippen molar-refractivity contribution >= 4 is 28.2 Å². The van der Waals surface area contributed by atoms with E-state index < -0.39 is 0 Å². The summed E-state index contributed by atoms with van der Waals surface area (Å²) >= 11 is 0. The molecule has 1 aromatic heterocycles. The summed E-state index contributed by atoms with van der Waals surface area (Å²) in [5, 5.41) is 3.38. The molecule has 1 saturated heterocycles. The topological polar surface area (TPSA) is 51.4 Å². The van der Waals surface area contributed by atoms with Gasteiger partial charge in [0.15, 0.2) is 0 Å². The zero-order chi connectivity index (χ0) is 21.4. The van der Waals surface area contributed by atoms with Crippen LogP contribution in [0, 0.1) is 12.7 Å². The molecule has 0 saturated carbocycles. The predicted molar refractivity (Wildman–Crippen MR) is 121 cm³/mol. The number of aromatic nitrogens is 1. The van der Waals surface area contributed by atoms with Crippen molar-refractivity contribution in [2.24, 2.45) is 0 Å². The Morgan fingerprint density at radius 3 is 2.70 bits per heavy atom. The molecule has 2 aromatic carbocycles. The number of piperazine rings is 1. The normalized spacial score (nSPS) is 17.7. The summed E-state index contributed by atoms with van der Waals surface area (Å²) in [7, 11) is 0. The van der Waals surface area contributed by atoms with E-state index >= 15 is 0 Å². The molecule has 6 heteroatoms. The lowest BCUT2D eigenvalue weighted by molar-refractivity contribution is 0.102. The summed E-state index contributed by atoms with van der Waals surface area (Å²) in [6.45, 7) is 11.6. The monoisotopic (exact) mass is 408 g/mol. The molecule has 1 unspecified atom stereocenters. The lowest BCUT2D eigenvalue weighted by Gasteiger charge is -2.43. The van der Waals surface area contributed by atoms with E-state index in [0.717, 1.165) is 36.6 Å². The van der Waals surface area contributed by atoms with Crippen molar-refractivity contribution in [3.8, 4) is 0 Å². The van der Waals surface area contributed by atoms with Gasteiger partial charge >= 0.3 is 0 Å². The lowest BCUT2D eigenvalue weighted by atomic mass is 10.1. The second kappa shape index (κ2) is 8.11. The molecule has 1 amide bonds. The van der Waals surface area contributed by atoms with Crippen molar-refractivity contribution in [2.45, 2.75) is 39.8 Å². The van der Waals surface area contributed by atoms with Crippen molar-refractivity contribution in [2.75, 3.05) is 29.9 Å². The van der Waals surface area contributed by atoms with Crippen LogP contribution in [0.4, 0.5) is 15.8 Å². The molecule has 30 heavy (non-hydrogen) atoms. The number of aryl methyl sites for hydroxylation is 1. The van der Waals surface area contributed by atoms with E-state index in [-0.39, 0.29) is 11.7 Å². The highest BCUT2D eigenvalue weighted by Gasteiger charge is 2.25. The van der Waals surface area contributed by atoms with Gasteiger partial charge in [-0.2, -0.15) is 0 Å². The number of hydrogen-bond donors (Lipinski definition) is 2. The van der Waals surface area contributed by atoms with Gasteiger partial charge in [0.25, 0.3) is 5.91 Å². The Bertz CT molecular complexity index is 1040. The molecule has 4 rings (SSSR count). The average molecular weight is 409 g/mol. The summed E-state index contributed by atoms with van der Waals surface area (Å²) in [6, 6.07) is 13.6. The molecular formula is C24H29FN4O. The second-order valence-corrected chi connectivity index (χ2v) is 8.47. The Balaban J connectivity index is 1.50. The van der Waals surface area contributed by atoms with Crippen molar-refractivity contribution in [1.82, 2.24) is 9.88 Å². The SMILES string of the molecule is Cc1ccc(F)c2cc(C(=O)Nc3cccc(N4CCN(C(C)C)C(C)C4)c3)[nH]c12. The number of H-pyrrole nitrogens is 1. The van der Waals surface area contributed by atoms with Crippen LogP contribution in [0.2, 0.25) is 0 Å². The minimum atomic E-state index is -0.331. The first kappa shape index (κ1) is 20.4. The highest BCUT2D eigenvalue weighted by Crippen LogP contribution is 2.25. The number of carbonyl (C=O) groups is 1. The van der Waals surface area contributed by atoms with Gasteiger partial charge in [-0.25, -0.2) is 4.39 Å². The Hall–Kier alpha value is -2.86. The Labute approximate surface area is 176 Å². The predicted octanol–water partition coefficient (Wildman–Crippen LogP) is 4.79. The van der Waals surface area contributed by atoms with Gasteiger partial charge in [-0.1, -0.05) is 12.1 Å². The molecule has 0 radical (unpaired) electrons. The Morgan fingerprint density at radius 2 is 2.00 bits per heavy atom. The fourth-order valence-corrected chi connectivity index (χ4v) is 4.40. The third-order valence-electron chi connectivity index (χ3n) is 6.00. The molecule has 5 nitrogen and oxygen atoms in total. The summed E-state index contributed by atoms with van der Waals surface area (Å²) < 4.78 is 14.1. The number of nitrogens with zero attached hydrogens (tertiary/aromatic N) is 2. The third kappa shape index (κ3) is 3.92. The summed E-state index contributed by atoms with van der Waals surface area (Å²) in [6.07, 6.45) is 0. The molecule has 1 fully saturated rings. The number of fused-ring (bicyclic) bond motifs is 1. The van der Waals surface area contributed by atoms with Crippen LogP contribution in [0.25, 0.3) is 10.9 Å². The van der Waals surface area contributed by atoms with Gasteiger partial charge in [0.2, 0.25) is 0 Å². The van der Waals surface area contributed by atoms with Crippen molar-refractivity contribution < 1.29 is 9.18 Å². The van der Waals surface area contributed by atoms with Crippen molar-refractivity contribution in [3.05, 3.63) is 59.5 Å². The number of benzene rings is 2. The molecule has 1 atom stereocenters. The summed E-state index contributed by atoms with van der Waals surface area (Å²) in [4.78, 5) is 20.7. The van der Waals surface area contributed by atoms with Gasteiger partial charge in [0.1, 0.15) is 11.5 Å². The van der Waals surface area contributed by atoms with Crippen LogP contribution in [0.5, 0.6) is 0 Å². The van der Waals surface area contributed by atoms with Crippen molar-refractivity contribution in [3.63, 3.8) is 0 Å². The van der Waals surface area contributed by atoms with Crippen LogP contribution in [0.1, 0.15) is 36.8 Å². The van der Waals surface area contributed by atoms with Crippen LogP contribution >= 0.6 is 0 Å². The fraction of sp³-hybridized carbons (Fsp3) is 0.375. The quantitative estimate of drug-likeness (QED) is 0.653. The van der Waals surface area contributed by atoms with Crippen LogP contribution in [0.15, 0.2) is 42.5 Å². The highest BCUT2D eigenvalue weighted by atomic mass is 19.1. The number of anilines is 2. The van der Waals surface area contributed by atoms with E-state index in [1.807, 2.05) is 25.1 Å².